The summed E-state index contributed by atoms with van der Waals surface area (Å²) < 4.78 is 0. The fourth-order valence-corrected chi connectivity index (χ4v) is 6.73. The molecule has 0 unspecified atom stereocenters. The second kappa shape index (κ2) is 6.23. The van der Waals surface area contributed by atoms with Gasteiger partial charge in [0.15, 0.2) is 5.75 Å². The summed E-state index contributed by atoms with van der Waals surface area (Å²) in [6.07, 6.45) is 1.11. The molecule has 0 spiro atoms. The van der Waals surface area contributed by atoms with Crippen molar-refractivity contribution in [1.29, 1.82) is 0 Å². The van der Waals surface area contributed by atoms with E-state index in [1.807, 2.05) is 44.2 Å². The topological polar surface area (TPSA) is 71.4 Å². The van der Waals surface area contributed by atoms with Gasteiger partial charge in [0.25, 0.3) is 0 Å². The van der Waals surface area contributed by atoms with Crippen LogP contribution in [-0.4, -0.2) is 17.4 Å². The van der Waals surface area contributed by atoms with Gasteiger partial charge in [-0.05, 0) is 17.6 Å². The van der Waals surface area contributed by atoms with Gasteiger partial charge >= 0.3 is 0 Å². The zero-order chi connectivity index (χ0) is 16.5. The Bertz CT molecular complexity index is 933. The van der Waals surface area contributed by atoms with Crippen LogP contribution in [0.2, 0.25) is 5.02 Å². The van der Waals surface area contributed by atoms with Gasteiger partial charge in [0.2, 0.25) is 16.3 Å². The molecule has 0 saturated heterocycles. The highest BCUT2D eigenvalue weighted by Crippen LogP contribution is 2.47. The lowest BCUT2D eigenvalue weighted by Gasteiger charge is -2.23. The summed E-state index contributed by atoms with van der Waals surface area (Å²) in [5, 5.41) is 10.0. The SMILES string of the molecule is CCP(CC)(c1ccccc1)=c1c(=O)c(O)c(Cl)c(=O)c1=O. The van der Waals surface area contributed by atoms with E-state index in [0.717, 1.165) is 5.30 Å². The molecular weight excluding hydrogens is 323 g/mol. The Morgan fingerprint density at radius 2 is 1.50 bits per heavy atom. The Morgan fingerprint density at radius 1 is 0.955 bits per heavy atom. The standard InChI is InChI=1S/C16H16ClO4P/c1-3-22(4-2,10-8-6-5-7-9-10)16-14(20)12(18)11(17)13(19)15(16)21/h5-9,18H,3-4H2,1-2H3. The lowest BCUT2D eigenvalue weighted by Crippen LogP contribution is -2.33. The van der Waals surface area contributed by atoms with Crippen molar-refractivity contribution in [2.75, 3.05) is 12.3 Å². The molecule has 22 heavy (non-hydrogen) atoms. The average Bonchev–Trinajstić information content (AvgIpc) is 2.56. The number of phenolic OH excluding ortho intramolecular Hbond substituents is 1. The number of halogens is 1. The third kappa shape index (κ3) is 2.37. The Morgan fingerprint density at radius 3 is 2.00 bits per heavy atom. The maximum Gasteiger partial charge on any atom is 0.248 e. The van der Waals surface area contributed by atoms with Crippen LogP contribution >= 0.6 is 18.5 Å². The summed E-state index contributed by atoms with van der Waals surface area (Å²) in [5.74, 6) is -0.816. The minimum atomic E-state index is -2.36. The van der Waals surface area contributed by atoms with Crippen molar-refractivity contribution in [1.82, 2.24) is 0 Å². The highest BCUT2D eigenvalue weighted by molar-refractivity contribution is 7.75. The summed E-state index contributed by atoms with van der Waals surface area (Å²) >= 11 is 5.59. The first kappa shape index (κ1) is 16.7. The van der Waals surface area contributed by atoms with E-state index in [9.17, 15) is 19.5 Å². The second-order valence-corrected chi connectivity index (χ2v) is 9.48. The van der Waals surface area contributed by atoms with Gasteiger partial charge in [-0.2, -0.15) is 0 Å². The largest absolute Gasteiger partial charge is 0.503 e. The minimum Gasteiger partial charge on any atom is -0.503 e. The van der Waals surface area contributed by atoms with Gasteiger partial charge in [-0.3, -0.25) is 14.4 Å². The number of aromatic hydroxyl groups is 1. The first-order valence-electron chi connectivity index (χ1n) is 6.93. The van der Waals surface area contributed by atoms with Crippen molar-refractivity contribution in [3.05, 3.63) is 71.0 Å². The second-order valence-electron chi connectivity index (χ2n) is 4.93. The van der Waals surface area contributed by atoms with E-state index in [1.54, 1.807) is 0 Å². The van der Waals surface area contributed by atoms with E-state index in [1.165, 1.54) is 0 Å². The van der Waals surface area contributed by atoms with Crippen LogP contribution in [0.15, 0.2) is 44.7 Å². The molecule has 0 heterocycles. The van der Waals surface area contributed by atoms with Gasteiger partial charge in [0.1, 0.15) is 5.02 Å². The zero-order valence-electron chi connectivity index (χ0n) is 12.3. The van der Waals surface area contributed by atoms with E-state index >= 15 is 0 Å². The smallest absolute Gasteiger partial charge is 0.248 e. The maximum absolute atomic E-state index is 12.5. The van der Waals surface area contributed by atoms with Crippen LogP contribution in [0.25, 0.3) is 0 Å². The van der Waals surface area contributed by atoms with Gasteiger partial charge in [-0.25, -0.2) is 0 Å². The monoisotopic (exact) mass is 338 g/mol. The Labute approximate surface area is 132 Å². The van der Waals surface area contributed by atoms with Gasteiger partial charge < -0.3 is 5.11 Å². The summed E-state index contributed by atoms with van der Waals surface area (Å²) in [6.45, 7) is 1.42. The molecule has 2 aromatic carbocycles. The van der Waals surface area contributed by atoms with Gasteiger partial charge in [-0.1, -0.05) is 62.7 Å². The van der Waals surface area contributed by atoms with Crippen LogP contribution in [0.1, 0.15) is 13.8 Å². The van der Waals surface area contributed by atoms with E-state index in [-0.39, 0.29) is 4.94 Å². The average molecular weight is 339 g/mol. The molecule has 6 heteroatoms. The molecule has 0 aliphatic carbocycles. The van der Waals surface area contributed by atoms with Crippen molar-refractivity contribution in [2.45, 2.75) is 13.8 Å². The quantitative estimate of drug-likeness (QED) is 0.685. The number of phenols is 1. The van der Waals surface area contributed by atoms with Gasteiger partial charge in [0, 0.05) is 0 Å². The molecule has 2 aromatic rings. The van der Waals surface area contributed by atoms with E-state index in [4.69, 9.17) is 11.6 Å². The third-order valence-corrected chi connectivity index (χ3v) is 9.08. The van der Waals surface area contributed by atoms with E-state index in [0.29, 0.717) is 12.3 Å². The van der Waals surface area contributed by atoms with Crippen LogP contribution in [0.3, 0.4) is 0 Å². The predicted octanol–water partition coefficient (Wildman–Crippen LogP) is 1.92. The first-order valence-corrected chi connectivity index (χ1v) is 9.47. The summed E-state index contributed by atoms with van der Waals surface area (Å²) in [5.41, 5.74) is -2.69. The fourth-order valence-electron chi connectivity index (χ4n) is 2.77. The van der Waals surface area contributed by atoms with Crippen LogP contribution in [0, 0.1) is 4.94 Å². The third-order valence-electron chi connectivity index (χ3n) is 4.02. The zero-order valence-corrected chi connectivity index (χ0v) is 13.9. The molecular formula is C16H16ClO4P. The van der Waals surface area contributed by atoms with Crippen molar-refractivity contribution < 1.29 is 5.11 Å². The summed E-state index contributed by atoms with van der Waals surface area (Å²) in [7, 11) is 0. The summed E-state index contributed by atoms with van der Waals surface area (Å²) in [4.78, 5) is 36.7. The number of hydrogen-bond acceptors (Lipinski definition) is 4. The molecule has 116 valence electrons. The highest BCUT2D eigenvalue weighted by atomic mass is 35.5. The van der Waals surface area contributed by atoms with Crippen LogP contribution in [0.4, 0.5) is 0 Å². The fraction of sp³-hybridized carbons (Fsp3) is 0.250. The Kier molecular flexibility index (Phi) is 4.74. The molecule has 0 amide bonds. The normalized spacial score (nSPS) is 11.6. The molecule has 0 aliphatic heterocycles. The molecule has 2 rings (SSSR count). The minimum absolute atomic E-state index is 0.0874. The maximum atomic E-state index is 12.5. The van der Waals surface area contributed by atoms with Gasteiger partial charge in [-0.15, -0.1) is 0 Å². The molecule has 0 atom stereocenters. The molecule has 4 nitrogen and oxygen atoms in total. The molecule has 0 fully saturated rings. The molecule has 0 aromatic heterocycles. The van der Waals surface area contributed by atoms with Crippen molar-refractivity contribution >= 4 is 23.8 Å². The number of benzene rings is 2. The van der Waals surface area contributed by atoms with E-state index in [2.05, 4.69) is 0 Å². The van der Waals surface area contributed by atoms with Crippen LogP contribution in [-0.2, 0) is 0 Å². The molecule has 0 bridgehead atoms. The lowest BCUT2D eigenvalue weighted by atomic mass is 10.3. The summed E-state index contributed by atoms with van der Waals surface area (Å²) in [6, 6.07) is 9.22. The van der Waals surface area contributed by atoms with Crippen molar-refractivity contribution in [3.63, 3.8) is 0 Å². The molecule has 1 N–H and O–H groups in total. The van der Waals surface area contributed by atoms with E-state index < -0.39 is 33.9 Å². The van der Waals surface area contributed by atoms with Crippen molar-refractivity contribution in [3.8, 4) is 5.75 Å². The number of rotatable bonds is 3. The van der Waals surface area contributed by atoms with Crippen LogP contribution < -0.4 is 21.6 Å². The van der Waals surface area contributed by atoms with Crippen molar-refractivity contribution in [2.24, 2.45) is 0 Å². The first-order chi connectivity index (χ1) is 10.4. The molecule has 0 saturated carbocycles. The molecule has 0 radical (unpaired) electrons. The molecule has 0 aliphatic rings. The Balaban J connectivity index is 3.28. The lowest BCUT2D eigenvalue weighted by molar-refractivity contribution is 0.469. The highest BCUT2D eigenvalue weighted by Gasteiger charge is 2.24. The predicted molar refractivity (Wildman–Crippen MR) is 91.6 cm³/mol. The van der Waals surface area contributed by atoms with Crippen LogP contribution in [0.5, 0.6) is 5.75 Å². The number of hydrogen-bond donors (Lipinski definition) is 1. The van der Waals surface area contributed by atoms with Gasteiger partial charge in [0.05, 0.1) is 4.94 Å². The Hall–Kier alpha value is -1.64.